The first-order valence-corrected chi connectivity index (χ1v) is 6.56. The van der Waals surface area contributed by atoms with Crippen molar-refractivity contribution in [1.29, 1.82) is 0 Å². The van der Waals surface area contributed by atoms with Gasteiger partial charge in [0.1, 0.15) is 0 Å². The lowest BCUT2D eigenvalue weighted by atomic mass is 10.0. The van der Waals surface area contributed by atoms with Gasteiger partial charge in [0.25, 0.3) is 0 Å². The van der Waals surface area contributed by atoms with Crippen LogP contribution in [0.2, 0.25) is 10.0 Å². The van der Waals surface area contributed by atoms with Gasteiger partial charge in [-0.15, -0.1) is 0 Å². The number of hydrogen-bond donors (Lipinski definition) is 1. The van der Waals surface area contributed by atoms with Crippen LogP contribution in [0.5, 0.6) is 0 Å². The van der Waals surface area contributed by atoms with Crippen molar-refractivity contribution in [2.24, 2.45) is 0 Å². The number of halogens is 2. The van der Waals surface area contributed by atoms with Gasteiger partial charge in [-0.1, -0.05) is 36.2 Å². The van der Waals surface area contributed by atoms with Crippen LogP contribution in [0.15, 0.2) is 18.2 Å². The van der Waals surface area contributed by atoms with Crippen molar-refractivity contribution in [1.82, 2.24) is 5.32 Å². The Morgan fingerprint density at radius 1 is 1.39 bits per heavy atom. The fourth-order valence-corrected chi connectivity index (χ4v) is 2.06. The summed E-state index contributed by atoms with van der Waals surface area (Å²) in [6.07, 6.45) is 1.05. The van der Waals surface area contributed by atoms with Crippen LogP contribution in [-0.2, 0) is 16.0 Å². The molecule has 3 nitrogen and oxygen atoms in total. The summed E-state index contributed by atoms with van der Waals surface area (Å²) in [5, 5.41) is 4.32. The van der Waals surface area contributed by atoms with E-state index in [4.69, 9.17) is 23.2 Å². The molecular formula is C13H17Cl2NO2. The normalized spacial score (nSPS) is 12.2. The average molecular weight is 290 g/mol. The van der Waals surface area contributed by atoms with Crippen LogP contribution in [0, 0.1) is 0 Å². The Morgan fingerprint density at radius 3 is 2.67 bits per heavy atom. The first-order chi connectivity index (χ1) is 8.56. The molecule has 0 amide bonds. The Kier molecular flexibility index (Phi) is 6.47. The highest BCUT2D eigenvalue weighted by atomic mass is 35.5. The molecule has 1 N–H and O–H groups in total. The third kappa shape index (κ3) is 4.84. The van der Waals surface area contributed by atoms with Crippen LogP contribution in [-0.4, -0.2) is 25.7 Å². The number of esters is 1. The van der Waals surface area contributed by atoms with Crippen LogP contribution in [0.3, 0.4) is 0 Å². The summed E-state index contributed by atoms with van der Waals surface area (Å²) in [6, 6.07) is 5.54. The number of benzene rings is 1. The topological polar surface area (TPSA) is 38.3 Å². The molecule has 1 rings (SSSR count). The van der Waals surface area contributed by atoms with E-state index in [1.165, 1.54) is 7.11 Å². The van der Waals surface area contributed by atoms with E-state index < -0.39 is 0 Å². The standard InChI is InChI=1S/C13H17Cl2NO2/c1-3-16-10(8-13(17)18-2)6-9-4-5-11(14)12(15)7-9/h4-5,7,10,16H,3,6,8H2,1-2H3. The zero-order chi connectivity index (χ0) is 13.5. The van der Waals surface area contributed by atoms with E-state index in [0.29, 0.717) is 22.9 Å². The summed E-state index contributed by atoms with van der Waals surface area (Å²) in [7, 11) is 1.39. The highest BCUT2D eigenvalue weighted by Gasteiger charge is 2.14. The number of nitrogens with one attached hydrogen (secondary N) is 1. The zero-order valence-electron chi connectivity index (χ0n) is 10.5. The molecule has 0 aliphatic heterocycles. The first kappa shape index (κ1) is 15.3. The molecular weight excluding hydrogens is 273 g/mol. The van der Waals surface area contributed by atoms with E-state index in [1.54, 1.807) is 6.07 Å². The summed E-state index contributed by atoms with van der Waals surface area (Å²) in [4.78, 5) is 11.3. The van der Waals surface area contributed by atoms with Crippen molar-refractivity contribution in [3.8, 4) is 0 Å². The van der Waals surface area contributed by atoms with Gasteiger partial charge in [0.2, 0.25) is 0 Å². The summed E-state index contributed by atoms with van der Waals surface area (Å²) in [5.74, 6) is -0.221. The molecule has 1 aromatic carbocycles. The molecule has 0 aromatic heterocycles. The van der Waals surface area contributed by atoms with Crippen LogP contribution in [0.1, 0.15) is 18.9 Å². The van der Waals surface area contributed by atoms with Crippen LogP contribution in [0.4, 0.5) is 0 Å². The minimum absolute atomic E-state index is 0.0414. The molecule has 0 bridgehead atoms. The Hall–Kier alpha value is -0.770. The predicted molar refractivity (Wildman–Crippen MR) is 74.3 cm³/mol. The largest absolute Gasteiger partial charge is 0.469 e. The first-order valence-electron chi connectivity index (χ1n) is 5.81. The Labute approximate surface area is 117 Å². The average Bonchev–Trinajstić information content (AvgIpc) is 2.34. The molecule has 1 atom stereocenters. The molecule has 1 aromatic rings. The molecule has 0 radical (unpaired) electrons. The van der Waals surface area contributed by atoms with E-state index in [2.05, 4.69) is 10.1 Å². The van der Waals surface area contributed by atoms with Gasteiger partial charge in [0.15, 0.2) is 0 Å². The molecule has 0 heterocycles. The van der Waals surface area contributed by atoms with E-state index in [1.807, 2.05) is 19.1 Å². The highest BCUT2D eigenvalue weighted by Crippen LogP contribution is 2.23. The third-order valence-corrected chi connectivity index (χ3v) is 3.34. The Morgan fingerprint density at radius 2 is 2.11 bits per heavy atom. The fraction of sp³-hybridized carbons (Fsp3) is 0.462. The third-order valence-electron chi connectivity index (χ3n) is 2.60. The number of hydrogen-bond acceptors (Lipinski definition) is 3. The Bertz CT molecular complexity index is 410. The van der Waals surface area contributed by atoms with Gasteiger partial charge in [-0.25, -0.2) is 0 Å². The van der Waals surface area contributed by atoms with Crippen LogP contribution in [0.25, 0.3) is 0 Å². The van der Waals surface area contributed by atoms with Gasteiger partial charge in [-0.2, -0.15) is 0 Å². The number of ether oxygens (including phenoxy) is 1. The van der Waals surface area contributed by atoms with Crippen LogP contribution >= 0.6 is 23.2 Å². The quantitative estimate of drug-likeness (QED) is 0.818. The lowest BCUT2D eigenvalue weighted by molar-refractivity contribution is -0.141. The number of carbonyl (C=O) groups is 1. The van der Waals surface area contributed by atoms with E-state index in [-0.39, 0.29) is 12.0 Å². The number of likely N-dealkylation sites (N-methyl/N-ethyl adjacent to an activating group) is 1. The lowest BCUT2D eigenvalue weighted by Crippen LogP contribution is -2.33. The summed E-state index contributed by atoms with van der Waals surface area (Å²) in [5.41, 5.74) is 1.04. The van der Waals surface area contributed by atoms with Gasteiger partial charge in [-0.3, -0.25) is 4.79 Å². The molecule has 0 aliphatic carbocycles. The van der Waals surface area contributed by atoms with Crippen molar-refractivity contribution >= 4 is 29.2 Å². The summed E-state index contributed by atoms with van der Waals surface area (Å²) in [6.45, 7) is 2.79. The van der Waals surface area contributed by atoms with Gasteiger partial charge in [-0.05, 0) is 30.7 Å². The molecule has 0 spiro atoms. The summed E-state index contributed by atoms with van der Waals surface area (Å²) < 4.78 is 4.68. The molecule has 18 heavy (non-hydrogen) atoms. The van der Waals surface area contributed by atoms with Gasteiger partial charge >= 0.3 is 5.97 Å². The second-order valence-corrected chi connectivity index (χ2v) is 4.80. The molecule has 0 saturated heterocycles. The molecule has 100 valence electrons. The molecule has 0 aliphatic rings. The maximum absolute atomic E-state index is 11.3. The van der Waals surface area contributed by atoms with Crippen molar-refractivity contribution in [2.45, 2.75) is 25.8 Å². The van der Waals surface area contributed by atoms with Crippen molar-refractivity contribution in [2.75, 3.05) is 13.7 Å². The summed E-state index contributed by atoms with van der Waals surface area (Å²) >= 11 is 11.8. The number of carbonyl (C=O) groups excluding carboxylic acids is 1. The van der Waals surface area contributed by atoms with Gasteiger partial charge in [0, 0.05) is 6.04 Å². The maximum Gasteiger partial charge on any atom is 0.307 e. The van der Waals surface area contributed by atoms with E-state index in [0.717, 1.165) is 12.1 Å². The second kappa shape index (κ2) is 7.62. The minimum atomic E-state index is -0.221. The smallest absolute Gasteiger partial charge is 0.307 e. The SMILES string of the molecule is CCNC(CC(=O)OC)Cc1ccc(Cl)c(Cl)c1. The van der Waals surface area contributed by atoms with Gasteiger partial charge in [0.05, 0.1) is 23.6 Å². The molecule has 0 saturated carbocycles. The van der Waals surface area contributed by atoms with Crippen molar-refractivity contribution in [3.63, 3.8) is 0 Å². The van der Waals surface area contributed by atoms with E-state index in [9.17, 15) is 4.79 Å². The van der Waals surface area contributed by atoms with Crippen molar-refractivity contribution in [3.05, 3.63) is 33.8 Å². The van der Waals surface area contributed by atoms with Crippen LogP contribution < -0.4 is 5.32 Å². The minimum Gasteiger partial charge on any atom is -0.469 e. The molecule has 1 unspecified atom stereocenters. The van der Waals surface area contributed by atoms with Gasteiger partial charge < -0.3 is 10.1 Å². The molecule has 0 fully saturated rings. The monoisotopic (exact) mass is 289 g/mol. The fourth-order valence-electron chi connectivity index (χ4n) is 1.74. The predicted octanol–water partition coefficient (Wildman–Crippen LogP) is 3.08. The lowest BCUT2D eigenvalue weighted by Gasteiger charge is -2.17. The molecule has 5 heteroatoms. The van der Waals surface area contributed by atoms with E-state index >= 15 is 0 Å². The maximum atomic E-state index is 11.3. The zero-order valence-corrected chi connectivity index (χ0v) is 12.0. The van der Waals surface area contributed by atoms with Crippen molar-refractivity contribution < 1.29 is 9.53 Å². The second-order valence-electron chi connectivity index (χ2n) is 3.99. The number of methoxy groups -OCH3 is 1. The highest BCUT2D eigenvalue weighted by molar-refractivity contribution is 6.42. The number of rotatable bonds is 6. The Balaban J connectivity index is 2.69.